The number of benzene rings is 1. The van der Waals surface area contributed by atoms with Gasteiger partial charge in [-0.2, -0.15) is 0 Å². The van der Waals surface area contributed by atoms with Gasteiger partial charge >= 0.3 is 0 Å². The van der Waals surface area contributed by atoms with Crippen LogP contribution in [0.1, 0.15) is 36.8 Å². The van der Waals surface area contributed by atoms with E-state index in [-0.39, 0.29) is 0 Å². The first-order chi connectivity index (χ1) is 9.31. The number of hydrogen-bond acceptors (Lipinski definition) is 2. The molecule has 0 bridgehead atoms. The summed E-state index contributed by atoms with van der Waals surface area (Å²) in [7, 11) is 0. The predicted molar refractivity (Wildman–Crippen MR) is 78.7 cm³/mol. The van der Waals surface area contributed by atoms with E-state index in [1.165, 1.54) is 49.7 Å². The first-order valence-corrected chi connectivity index (χ1v) is 7.46. The summed E-state index contributed by atoms with van der Waals surface area (Å²) < 4.78 is 5.85. The highest BCUT2D eigenvalue weighted by molar-refractivity contribution is 5.37. The third-order valence-electron chi connectivity index (χ3n) is 3.98. The van der Waals surface area contributed by atoms with Gasteiger partial charge in [0.25, 0.3) is 0 Å². The van der Waals surface area contributed by atoms with E-state index in [2.05, 4.69) is 30.1 Å². The zero-order chi connectivity index (χ0) is 13.1. The van der Waals surface area contributed by atoms with Crippen molar-refractivity contribution >= 4 is 0 Å². The van der Waals surface area contributed by atoms with Gasteiger partial charge in [-0.25, -0.2) is 0 Å². The molecule has 0 aliphatic heterocycles. The molecule has 0 amide bonds. The van der Waals surface area contributed by atoms with Crippen LogP contribution in [0.2, 0.25) is 0 Å². The molecule has 0 heterocycles. The highest BCUT2D eigenvalue weighted by Crippen LogP contribution is 2.25. The smallest absolute Gasteiger partial charge is 0.120 e. The summed E-state index contributed by atoms with van der Waals surface area (Å²) in [6, 6.07) is 7.29. The molecule has 2 heteroatoms. The van der Waals surface area contributed by atoms with Gasteiger partial charge in [0, 0.05) is 12.6 Å². The molecule has 1 N–H and O–H groups in total. The molecule has 0 saturated heterocycles. The van der Waals surface area contributed by atoms with E-state index in [1.807, 2.05) is 0 Å². The Bertz CT molecular complexity index is 462. The Morgan fingerprint density at radius 2 is 2.00 bits per heavy atom. The van der Waals surface area contributed by atoms with Crippen molar-refractivity contribution < 1.29 is 4.74 Å². The first kappa shape index (κ1) is 12.7. The Morgan fingerprint density at radius 1 is 1.21 bits per heavy atom. The molecule has 2 nitrogen and oxygen atoms in total. The fraction of sp³-hybridized carbons (Fsp3) is 0.529. The summed E-state index contributed by atoms with van der Waals surface area (Å²) in [5, 5.41) is 3.46. The third kappa shape index (κ3) is 3.60. The van der Waals surface area contributed by atoms with Crippen molar-refractivity contribution in [3.05, 3.63) is 41.5 Å². The molecule has 1 aromatic carbocycles. The molecule has 0 atom stereocenters. The number of aryl methyl sites for hydroxylation is 2. The Labute approximate surface area is 115 Å². The molecule has 0 unspecified atom stereocenters. The molecule has 1 saturated carbocycles. The largest absolute Gasteiger partial charge is 0.489 e. The van der Waals surface area contributed by atoms with Crippen molar-refractivity contribution in [2.24, 2.45) is 0 Å². The Morgan fingerprint density at radius 3 is 2.79 bits per heavy atom. The zero-order valence-corrected chi connectivity index (χ0v) is 11.6. The molecule has 1 aromatic rings. The normalized spacial score (nSPS) is 17.9. The maximum atomic E-state index is 5.85. The second kappa shape index (κ2) is 5.79. The van der Waals surface area contributed by atoms with Crippen molar-refractivity contribution in [1.82, 2.24) is 5.32 Å². The van der Waals surface area contributed by atoms with Crippen LogP contribution >= 0.6 is 0 Å². The van der Waals surface area contributed by atoms with Crippen molar-refractivity contribution in [3.63, 3.8) is 0 Å². The standard InChI is InChI=1S/C17H23NO/c1-13(11-18-16-7-8-16)12-19-17-9-6-14-4-2-3-5-15(14)10-17/h6,9-10,16,18H,1-5,7-8,11-12H2. The maximum absolute atomic E-state index is 5.85. The molecule has 3 rings (SSSR count). The second-order valence-electron chi connectivity index (χ2n) is 5.83. The molecule has 2 aliphatic rings. The van der Waals surface area contributed by atoms with Gasteiger partial charge < -0.3 is 10.1 Å². The number of fused-ring (bicyclic) bond motifs is 1. The van der Waals surface area contributed by atoms with E-state index >= 15 is 0 Å². The van der Waals surface area contributed by atoms with E-state index in [0.717, 1.165) is 23.9 Å². The number of nitrogens with one attached hydrogen (secondary N) is 1. The number of hydrogen-bond donors (Lipinski definition) is 1. The van der Waals surface area contributed by atoms with Crippen molar-refractivity contribution in [3.8, 4) is 5.75 Å². The molecule has 0 aromatic heterocycles. The van der Waals surface area contributed by atoms with E-state index in [1.54, 1.807) is 0 Å². The van der Waals surface area contributed by atoms with Gasteiger partial charge in [0.2, 0.25) is 0 Å². The average molecular weight is 257 g/mol. The Kier molecular flexibility index (Phi) is 3.88. The molecule has 102 valence electrons. The molecule has 0 radical (unpaired) electrons. The SMILES string of the molecule is C=C(CNC1CC1)COc1ccc2c(c1)CCCC2. The van der Waals surface area contributed by atoms with Crippen molar-refractivity contribution in [1.29, 1.82) is 0 Å². The lowest BCUT2D eigenvalue weighted by Crippen LogP contribution is -2.21. The fourth-order valence-electron chi connectivity index (χ4n) is 2.61. The highest BCUT2D eigenvalue weighted by atomic mass is 16.5. The van der Waals surface area contributed by atoms with Crippen molar-refractivity contribution in [2.45, 2.75) is 44.6 Å². The summed E-state index contributed by atoms with van der Waals surface area (Å²) in [4.78, 5) is 0. The zero-order valence-electron chi connectivity index (χ0n) is 11.6. The molecular weight excluding hydrogens is 234 g/mol. The van der Waals surface area contributed by atoms with Gasteiger partial charge in [-0.15, -0.1) is 0 Å². The van der Waals surface area contributed by atoms with Crippen LogP contribution in [-0.2, 0) is 12.8 Å². The van der Waals surface area contributed by atoms with E-state index in [4.69, 9.17) is 4.74 Å². The summed E-state index contributed by atoms with van der Waals surface area (Å²) >= 11 is 0. The van der Waals surface area contributed by atoms with Crippen LogP contribution in [0.15, 0.2) is 30.4 Å². The quantitative estimate of drug-likeness (QED) is 0.790. The van der Waals surface area contributed by atoms with E-state index < -0.39 is 0 Å². The average Bonchev–Trinajstić information content (AvgIpc) is 3.27. The van der Waals surface area contributed by atoms with Crippen LogP contribution in [0.25, 0.3) is 0 Å². The lowest BCUT2D eigenvalue weighted by atomic mass is 9.92. The second-order valence-corrected chi connectivity index (χ2v) is 5.83. The van der Waals surface area contributed by atoms with Crippen LogP contribution < -0.4 is 10.1 Å². The molecule has 1 fully saturated rings. The van der Waals surface area contributed by atoms with Crippen LogP contribution in [0.4, 0.5) is 0 Å². The Balaban J connectivity index is 1.50. The molecule has 0 spiro atoms. The van der Waals surface area contributed by atoms with Gasteiger partial charge in [0.1, 0.15) is 12.4 Å². The Hall–Kier alpha value is -1.28. The fourth-order valence-corrected chi connectivity index (χ4v) is 2.61. The van der Waals surface area contributed by atoms with Gasteiger partial charge in [-0.05, 0) is 67.4 Å². The predicted octanol–water partition coefficient (Wildman–Crippen LogP) is 3.25. The highest BCUT2D eigenvalue weighted by Gasteiger charge is 2.20. The van der Waals surface area contributed by atoms with Crippen molar-refractivity contribution in [2.75, 3.05) is 13.2 Å². The van der Waals surface area contributed by atoms with Gasteiger partial charge in [-0.3, -0.25) is 0 Å². The lowest BCUT2D eigenvalue weighted by molar-refractivity contribution is 0.347. The summed E-state index contributed by atoms with van der Waals surface area (Å²) in [6.45, 7) is 5.58. The minimum atomic E-state index is 0.624. The number of ether oxygens (including phenoxy) is 1. The van der Waals surface area contributed by atoms with Crippen LogP contribution in [-0.4, -0.2) is 19.2 Å². The molecule has 2 aliphatic carbocycles. The van der Waals surface area contributed by atoms with Gasteiger partial charge in [-0.1, -0.05) is 12.6 Å². The van der Waals surface area contributed by atoms with E-state index in [9.17, 15) is 0 Å². The molecular formula is C17H23NO. The van der Waals surface area contributed by atoms with Crippen LogP contribution in [0.3, 0.4) is 0 Å². The minimum Gasteiger partial charge on any atom is -0.489 e. The summed E-state index contributed by atoms with van der Waals surface area (Å²) in [5.74, 6) is 0.994. The monoisotopic (exact) mass is 257 g/mol. The van der Waals surface area contributed by atoms with Crippen LogP contribution in [0, 0.1) is 0 Å². The summed E-state index contributed by atoms with van der Waals surface area (Å²) in [6.07, 6.45) is 7.72. The maximum Gasteiger partial charge on any atom is 0.120 e. The first-order valence-electron chi connectivity index (χ1n) is 7.46. The van der Waals surface area contributed by atoms with E-state index in [0.29, 0.717) is 6.61 Å². The van der Waals surface area contributed by atoms with Gasteiger partial charge in [0.15, 0.2) is 0 Å². The summed E-state index contributed by atoms with van der Waals surface area (Å²) in [5.41, 5.74) is 4.11. The van der Waals surface area contributed by atoms with Gasteiger partial charge in [0.05, 0.1) is 0 Å². The third-order valence-corrected chi connectivity index (χ3v) is 3.98. The topological polar surface area (TPSA) is 21.3 Å². The van der Waals surface area contributed by atoms with Crippen LogP contribution in [0.5, 0.6) is 5.75 Å². The minimum absolute atomic E-state index is 0.624. The molecule has 19 heavy (non-hydrogen) atoms. The number of rotatable bonds is 6. The lowest BCUT2D eigenvalue weighted by Gasteiger charge is -2.17.